The van der Waals surface area contributed by atoms with Crippen molar-refractivity contribution in [2.75, 3.05) is 12.4 Å². The number of pyridine rings is 1. The third-order valence-corrected chi connectivity index (χ3v) is 2.60. The molecule has 84 valence electrons. The molecule has 0 aromatic carbocycles. The van der Waals surface area contributed by atoms with Crippen molar-refractivity contribution in [3.63, 3.8) is 0 Å². The van der Waals surface area contributed by atoms with E-state index in [9.17, 15) is 0 Å². The van der Waals surface area contributed by atoms with Gasteiger partial charge in [-0.2, -0.15) is 0 Å². The first kappa shape index (κ1) is 9.77. The lowest BCUT2D eigenvalue weighted by Crippen LogP contribution is -1.95. The Hall–Kier alpha value is -2.43. The van der Waals surface area contributed by atoms with E-state index < -0.39 is 0 Å². The summed E-state index contributed by atoms with van der Waals surface area (Å²) >= 11 is 0. The molecule has 0 saturated carbocycles. The number of hydrogen-bond acceptors (Lipinski definition) is 4. The Kier molecular flexibility index (Phi) is 2.22. The van der Waals surface area contributed by atoms with Crippen LogP contribution in [0.5, 0.6) is 0 Å². The molecule has 3 aromatic heterocycles. The molecule has 0 amide bonds. The van der Waals surface area contributed by atoms with Crippen LogP contribution in [-0.2, 0) is 0 Å². The van der Waals surface area contributed by atoms with Crippen LogP contribution >= 0.6 is 0 Å². The molecule has 0 aliphatic rings. The third-order valence-electron chi connectivity index (χ3n) is 2.60. The molecule has 0 aliphatic heterocycles. The van der Waals surface area contributed by atoms with Gasteiger partial charge in [0.1, 0.15) is 11.5 Å². The molecule has 0 radical (unpaired) electrons. The van der Waals surface area contributed by atoms with Gasteiger partial charge in [-0.1, -0.05) is 0 Å². The summed E-state index contributed by atoms with van der Waals surface area (Å²) in [6.45, 7) is 0. The van der Waals surface area contributed by atoms with Crippen LogP contribution in [0.1, 0.15) is 0 Å². The van der Waals surface area contributed by atoms with Crippen molar-refractivity contribution in [3.05, 3.63) is 36.8 Å². The number of nitrogens with zero attached hydrogens (tertiary/aromatic N) is 3. The maximum atomic E-state index is 4.41. The molecule has 0 spiro atoms. The molecular weight excluding hydrogens is 214 g/mol. The van der Waals surface area contributed by atoms with Crippen LogP contribution in [0, 0.1) is 0 Å². The number of hydrogen-bond donors (Lipinski definition) is 2. The van der Waals surface area contributed by atoms with Crippen LogP contribution < -0.4 is 5.32 Å². The summed E-state index contributed by atoms with van der Waals surface area (Å²) in [4.78, 5) is 16.1. The summed E-state index contributed by atoms with van der Waals surface area (Å²) in [7, 11) is 1.84. The fourth-order valence-corrected chi connectivity index (χ4v) is 1.77. The van der Waals surface area contributed by atoms with E-state index in [4.69, 9.17) is 0 Å². The van der Waals surface area contributed by atoms with E-state index in [0.29, 0.717) is 5.82 Å². The second-order valence-electron chi connectivity index (χ2n) is 3.62. The molecular formula is C12H11N5. The maximum absolute atomic E-state index is 4.41. The highest BCUT2D eigenvalue weighted by atomic mass is 15.0. The number of nitrogens with one attached hydrogen (secondary N) is 2. The quantitative estimate of drug-likeness (QED) is 0.700. The average Bonchev–Trinajstić information content (AvgIpc) is 2.82. The Morgan fingerprint density at radius 2 is 2.12 bits per heavy atom. The van der Waals surface area contributed by atoms with Gasteiger partial charge < -0.3 is 10.3 Å². The van der Waals surface area contributed by atoms with Crippen molar-refractivity contribution >= 4 is 16.9 Å². The average molecular weight is 225 g/mol. The van der Waals surface area contributed by atoms with Crippen molar-refractivity contribution in [2.45, 2.75) is 0 Å². The fourth-order valence-electron chi connectivity index (χ4n) is 1.77. The Morgan fingerprint density at radius 1 is 1.18 bits per heavy atom. The topological polar surface area (TPSA) is 66.5 Å². The Labute approximate surface area is 98.0 Å². The monoisotopic (exact) mass is 225 g/mol. The third kappa shape index (κ3) is 1.61. The largest absolute Gasteiger partial charge is 0.373 e. The molecule has 5 nitrogen and oxygen atoms in total. The maximum Gasteiger partial charge on any atom is 0.163 e. The predicted octanol–water partition coefficient (Wildman–Crippen LogP) is 2.06. The second-order valence-corrected chi connectivity index (χ2v) is 3.62. The van der Waals surface area contributed by atoms with Crippen molar-refractivity contribution in [3.8, 4) is 11.4 Å². The SMILES string of the molecule is CNc1ccnc(-c2c[nH]c3ncccc23)n1. The zero-order valence-electron chi connectivity index (χ0n) is 9.31. The number of H-pyrrole nitrogens is 1. The van der Waals surface area contributed by atoms with E-state index in [0.717, 1.165) is 22.4 Å². The van der Waals surface area contributed by atoms with E-state index in [1.54, 1.807) is 12.4 Å². The molecule has 5 heteroatoms. The number of aromatic amines is 1. The number of anilines is 1. The van der Waals surface area contributed by atoms with Crippen LogP contribution in [0.15, 0.2) is 36.8 Å². The van der Waals surface area contributed by atoms with Gasteiger partial charge >= 0.3 is 0 Å². The fraction of sp³-hybridized carbons (Fsp3) is 0.0833. The zero-order valence-corrected chi connectivity index (χ0v) is 9.31. The van der Waals surface area contributed by atoms with Crippen molar-refractivity contribution in [1.82, 2.24) is 19.9 Å². The minimum absolute atomic E-state index is 0.691. The van der Waals surface area contributed by atoms with E-state index in [1.165, 1.54) is 0 Å². The summed E-state index contributed by atoms with van der Waals surface area (Å²) in [5.41, 5.74) is 1.81. The lowest BCUT2D eigenvalue weighted by atomic mass is 10.2. The standard InChI is InChI=1S/C12H11N5/c1-13-10-4-6-15-12(17-10)9-7-16-11-8(9)3-2-5-14-11/h2-7H,1H3,(H,14,16)(H,13,15,17). The molecule has 3 aromatic rings. The van der Waals surface area contributed by atoms with Gasteiger partial charge in [0.25, 0.3) is 0 Å². The van der Waals surface area contributed by atoms with Gasteiger partial charge in [-0.05, 0) is 18.2 Å². The normalized spacial score (nSPS) is 10.6. The molecule has 2 N–H and O–H groups in total. The first-order valence-corrected chi connectivity index (χ1v) is 5.32. The minimum atomic E-state index is 0.691. The van der Waals surface area contributed by atoms with Crippen LogP contribution in [0.4, 0.5) is 5.82 Å². The molecule has 17 heavy (non-hydrogen) atoms. The molecule has 0 bridgehead atoms. The van der Waals surface area contributed by atoms with Crippen molar-refractivity contribution in [2.24, 2.45) is 0 Å². The summed E-state index contributed by atoms with van der Waals surface area (Å²) in [6.07, 6.45) is 5.38. The highest BCUT2D eigenvalue weighted by Crippen LogP contribution is 2.24. The summed E-state index contributed by atoms with van der Waals surface area (Å²) in [5.74, 6) is 1.49. The van der Waals surface area contributed by atoms with Gasteiger partial charge in [-0.3, -0.25) is 0 Å². The summed E-state index contributed by atoms with van der Waals surface area (Å²) in [5, 5.41) is 4.03. The van der Waals surface area contributed by atoms with Gasteiger partial charge in [0.15, 0.2) is 5.82 Å². The smallest absolute Gasteiger partial charge is 0.163 e. The summed E-state index contributed by atoms with van der Waals surface area (Å²) < 4.78 is 0. The second kappa shape index (κ2) is 3.86. The van der Waals surface area contributed by atoms with Crippen LogP contribution in [0.25, 0.3) is 22.4 Å². The van der Waals surface area contributed by atoms with Crippen LogP contribution in [0.3, 0.4) is 0 Å². The Balaban J connectivity index is 2.20. The predicted molar refractivity (Wildman–Crippen MR) is 66.7 cm³/mol. The van der Waals surface area contributed by atoms with Gasteiger partial charge in [0.05, 0.1) is 0 Å². The number of fused-ring (bicyclic) bond motifs is 1. The van der Waals surface area contributed by atoms with Crippen LogP contribution in [0.2, 0.25) is 0 Å². The molecule has 0 saturated heterocycles. The highest BCUT2D eigenvalue weighted by Gasteiger charge is 2.08. The van der Waals surface area contributed by atoms with Crippen molar-refractivity contribution < 1.29 is 0 Å². The summed E-state index contributed by atoms with van der Waals surface area (Å²) in [6, 6.07) is 5.74. The van der Waals surface area contributed by atoms with Gasteiger partial charge in [-0.25, -0.2) is 15.0 Å². The first-order valence-electron chi connectivity index (χ1n) is 5.32. The molecule has 3 rings (SSSR count). The van der Waals surface area contributed by atoms with Gasteiger partial charge in [0.2, 0.25) is 0 Å². The Morgan fingerprint density at radius 3 is 3.00 bits per heavy atom. The van der Waals surface area contributed by atoms with Gasteiger partial charge in [-0.15, -0.1) is 0 Å². The van der Waals surface area contributed by atoms with Crippen LogP contribution in [-0.4, -0.2) is 27.0 Å². The molecule has 0 atom stereocenters. The van der Waals surface area contributed by atoms with E-state index in [2.05, 4.69) is 25.3 Å². The van der Waals surface area contributed by atoms with Crippen molar-refractivity contribution in [1.29, 1.82) is 0 Å². The number of rotatable bonds is 2. The minimum Gasteiger partial charge on any atom is -0.373 e. The molecule has 0 aliphatic carbocycles. The first-order chi connectivity index (χ1) is 8.38. The van der Waals surface area contributed by atoms with E-state index in [-0.39, 0.29) is 0 Å². The lowest BCUT2D eigenvalue weighted by molar-refractivity contribution is 1.17. The molecule has 0 fully saturated rings. The van der Waals surface area contributed by atoms with E-state index in [1.807, 2.05) is 31.4 Å². The lowest BCUT2D eigenvalue weighted by Gasteiger charge is -2.01. The highest BCUT2D eigenvalue weighted by molar-refractivity contribution is 5.91. The van der Waals surface area contributed by atoms with E-state index >= 15 is 0 Å². The molecule has 0 unspecified atom stereocenters. The zero-order chi connectivity index (χ0) is 11.7. The molecule has 3 heterocycles. The number of aromatic nitrogens is 4. The van der Waals surface area contributed by atoms with Gasteiger partial charge in [0, 0.05) is 36.6 Å². The Bertz CT molecular complexity index is 659.